The molecular formula is C17H36N2O4. The summed E-state index contributed by atoms with van der Waals surface area (Å²) >= 11 is 0. The van der Waals surface area contributed by atoms with Crippen molar-refractivity contribution in [3.8, 4) is 0 Å². The van der Waals surface area contributed by atoms with Crippen molar-refractivity contribution in [1.29, 1.82) is 0 Å². The predicted molar refractivity (Wildman–Crippen MR) is 93.0 cm³/mol. The van der Waals surface area contributed by atoms with Gasteiger partial charge in [-0.15, -0.1) is 0 Å². The van der Waals surface area contributed by atoms with E-state index < -0.39 is 5.60 Å². The zero-order valence-electron chi connectivity index (χ0n) is 16.4. The zero-order chi connectivity index (χ0) is 18.6. The van der Waals surface area contributed by atoms with Gasteiger partial charge in [0, 0.05) is 26.1 Å². The minimum Gasteiger partial charge on any atom is -0.444 e. The molecule has 6 nitrogen and oxygen atoms in total. The molecule has 1 unspecified atom stereocenters. The van der Waals surface area contributed by atoms with Crippen LogP contribution < -0.4 is 0 Å². The van der Waals surface area contributed by atoms with E-state index in [0.29, 0.717) is 25.9 Å². The number of hydroxylamine groups is 2. The molecule has 0 aromatic rings. The van der Waals surface area contributed by atoms with E-state index in [2.05, 4.69) is 0 Å². The highest BCUT2D eigenvalue weighted by atomic mass is 16.7. The lowest BCUT2D eigenvalue weighted by Gasteiger charge is -2.28. The van der Waals surface area contributed by atoms with Gasteiger partial charge < -0.3 is 9.64 Å². The van der Waals surface area contributed by atoms with Gasteiger partial charge in [0.05, 0.1) is 7.11 Å². The molecule has 2 amide bonds. The summed E-state index contributed by atoms with van der Waals surface area (Å²) in [5.74, 6) is -0.230. The zero-order valence-corrected chi connectivity index (χ0v) is 16.4. The van der Waals surface area contributed by atoms with E-state index in [9.17, 15) is 9.59 Å². The van der Waals surface area contributed by atoms with Crippen LogP contribution in [0.2, 0.25) is 0 Å². The summed E-state index contributed by atoms with van der Waals surface area (Å²) in [7, 11) is 3.06. The molecule has 0 radical (unpaired) electrons. The lowest BCUT2D eigenvalue weighted by molar-refractivity contribution is -0.173. The van der Waals surface area contributed by atoms with Crippen LogP contribution in [0.25, 0.3) is 0 Å². The van der Waals surface area contributed by atoms with E-state index in [1.54, 1.807) is 11.9 Å². The van der Waals surface area contributed by atoms with Crippen molar-refractivity contribution in [3.63, 3.8) is 0 Å². The summed E-state index contributed by atoms with van der Waals surface area (Å²) in [6.07, 6.45) is 0.960. The summed E-state index contributed by atoms with van der Waals surface area (Å²) in [5.41, 5.74) is -0.513. The fourth-order valence-corrected chi connectivity index (χ4v) is 1.87. The first-order chi connectivity index (χ1) is 10.7. The maximum Gasteiger partial charge on any atom is 0.410 e. The number of rotatable bonds is 7. The molecule has 0 N–H and O–H groups in total. The maximum absolute atomic E-state index is 12.1. The van der Waals surface area contributed by atoms with Crippen molar-refractivity contribution < 1.29 is 19.2 Å². The third kappa shape index (κ3) is 10.2. The van der Waals surface area contributed by atoms with Crippen molar-refractivity contribution in [2.45, 2.75) is 66.9 Å². The first-order valence-electron chi connectivity index (χ1n) is 8.45. The minimum atomic E-state index is -0.513. The Labute approximate surface area is 142 Å². The van der Waals surface area contributed by atoms with E-state index in [1.807, 2.05) is 48.5 Å². The largest absolute Gasteiger partial charge is 0.444 e. The van der Waals surface area contributed by atoms with Crippen LogP contribution in [0.1, 0.15) is 61.3 Å². The molecule has 1 atom stereocenters. The Hall–Kier alpha value is -1.30. The fourth-order valence-electron chi connectivity index (χ4n) is 1.87. The summed E-state index contributed by atoms with van der Waals surface area (Å²) in [4.78, 5) is 30.6. The molecule has 0 aliphatic carbocycles. The molecule has 0 rings (SSSR count). The number of ether oxygens (including phenoxy) is 1. The molecule has 0 aliphatic rings. The van der Waals surface area contributed by atoms with Gasteiger partial charge in [-0.2, -0.15) is 0 Å². The first kappa shape index (κ1) is 24.0. The maximum atomic E-state index is 12.1. The Morgan fingerprint density at radius 3 is 2.00 bits per heavy atom. The van der Waals surface area contributed by atoms with Crippen molar-refractivity contribution in [2.24, 2.45) is 5.92 Å². The van der Waals surface area contributed by atoms with Crippen LogP contribution in [0.5, 0.6) is 0 Å². The molecule has 0 saturated carbocycles. The monoisotopic (exact) mass is 332 g/mol. The van der Waals surface area contributed by atoms with E-state index in [1.165, 1.54) is 12.2 Å². The number of carbonyl (C=O) groups excluding carboxylic acids is 2. The smallest absolute Gasteiger partial charge is 0.410 e. The van der Waals surface area contributed by atoms with Gasteiger partial charge in [-0.25, -0.2) is 9.86 Å². The van der Waals surface area contributed by atoms with E-state index in [-0.39, 0.29) is 17.9 Å². The molecule has 0 aromatic carbocycles. The molecular weight excluding hydrogens is 296 g/mol. The fraction of sp³-hybridized carbons (Fsp3) is 0.882. The quantitative estimate of drug-likeness (QED) is 0.667. The third-order valence-electron chi connectivity index (χ3n) is 3.21. The van der Waals surface area contributed by atoms with Crippen LogP contribution in [-0.4, -0.2) is 54.8 Å². The molecule has 0 aliphatic heterocycles. The van der Waals surface area contributed by atoms with Gasteiger partial charge in [-0.05, 0) is 40.5 Å². The highest BCUT2D eigenvalue weighted by Gasteiger charge is 2.25. The van der Waals surface area contributed by atoms with Gasteiger partial charge >= 0.3 is 6.09 Å². The van der Waals surface area contributed by atoms with Crippen molar-refractivity contribution in [2.75, 3.05) is 27.2 Å². The second-order valence-corrected chi connectivity index (χ2v) is 5.97. The van der Waals surface area contributed by atoms with Crippen molar-refractivity contribution >= 4 is 12.0 Å². The van der Waals surface area contributed by atoms with Gasteiger partial charge in [0.1, 0.15) is 5.60 Å². The Balaban J connectivity index is 0. The Kier molecular flexibility index (Phi) is 12.7. The Morgan fingerprint density at radius 2 is 1.65 bits per heavy atom. The molecule has 0 fully saturated rings. The first-order valence-corrected chi connectivity index (χ1v) is 8.45. The SMILES string of the molecule is CC.CCC(CCN(CC)C(=O)OC(C)(C)C)C(=O)N(C)OC. The standard InChI is InChI=1S/C15H30N2O4.C2H6/c1-8-12(13(18)16(6)20-7)10-11-17(9-2)14(19)21-15(3,4)5;1-2/h12H,8-11H2,1-7H3;1-2H3. The molecule has 0 heterocycles. The van der Waals surface area contributed by atoms with Gasteiger partial charge in [-0.1, -0.05) is 20.8 Å². The van der Waals surface area contributed by atoms with E-state index in [4.69, 9.17) is 9.57 Å². The molecule has 0 bridgehead atoms. The van der Waals surface area contributed by atoms with Gasteiger partial charge in [0.15, 0.2) is 0 Å². The van der Waals surface area contributed by atoms with Crippen LogP contribution in [0, 0.1) is 5.92 Å². The van der Waals surface area contributed by atoms with Crippen LogP contribution >= 0.6 is 0 Å². The third-order valence-corrected chi connectivity index (χ3v) is 3.21. The highest BCUT2D eigenvalue weighted by Crippen LogP contribution is 2.15. The van der Waals surface area contributed by atoms with Gasteiger partial charge in [0.25, 0.3) is 0 Å². The average molecular weight is 332 g/mol. The minimum absolute atomic E-state index is 0.0692. The molecule has 6 heteroatoms. The van der Waals surface area contributed by atoms with Crippen LogP contribution in [-0.2, 0) is 14.4 Å². The van der Waals surface area contributed by atoms with Crippen LogP contribution in [0.15, 0.2) is 0 Å². The summed E-state index contributed by atoms with van der Waals surface area (Å²) in [5, 5.41) is 1.23. The second kappa shape index (κ2) is 12.2. The number of hydrogen-bond acceptors (Lipinski definition) is 4. The summed E-state index contributed by atoms with van der Waals surface area (Å²) in [6.45, 7) is 14.4. The molecule has 138 valence electrons. The number of carbonyl (C=O) groups is 2. The lowest BCUT2D eigenvalue weighted by Crippen LogP contribution is -2.39. The van der Waals surface area contributed by atoms with E-state index >= 15 is 0 Å². The highest BCUT2D eigenvalue weighted by molar-refractivity contribution is 5.77. The second-order valence-electron chi connectivity index (χ2n) is 5.97. The summed E-state index contributed by atoms with van der Waals surface area (Å²) < 4.78 is 5.35. The average Bonchev–Trinajstić information content (AvgIpc) is 2.50. The Bertz CT molecular complexity index is 340. The molecule has 0 spiro atoms. The van der Waals surface area contributed by atoms with Gasteiger partial charge in [-0.3, -0.25) is 9.63 Å². The summed E-state index contributed by atoms with van der Waals surface area (Å²) in [6, 6.07) is 0. The predicted octanol–water partition coefficient (Wildman–Crippen LogP) is 3.71. The van der Waals surface area contributed by atoms with Gasteiger partial charge in [0.2, 0.25) is 5.91 Å². The lowest BCUT2D eigenvalue weighted by atomic mass is 10.0. The topological polar surface area (TPSA) is 59.1 Å². The number of hydrogen-bond donors (Lipinski definition) is 0. The Morgan fingerprint density at radius 1 is 1.13 bits per heavy atom. The van der Waals surface area contributed by atoms with Crippen LogP contribution in [0.4, 0.5) is 4.79 Å². The van der Waals surface area contributed by atoms with E-state index in [0.717, 1.165) is 0 Å². The normalized spacial score (nSPS) is 11.9. The van der Waals surface area contributed by atoms with Crippen molar-refractivity contribution in [1.82, 2.24) is 9.96 Å². The molecule has 23 heavy (non-hydrogen) atoms. The molecule has 0 saturated heterocycles. The number of amides is 2. The van der Waals surface area contributed by atoms with Crippen molar-refractivity contribution in [3.05, 3.63) is 0 Å². The molecule has 0 aromatic heterocycles. The van der Waals surface area contributed by atoms with Crippen LogP contribution in [0.3, 0.4) is 0 Å². The number of nitrogens with zero attached hydrogens (tertiary/aromatic N) is 2.